The van der Waals surface area contributed by atoms with Crippen molar-refractivity contribution in [2.75, 3.05) is 0 Å². The van der Waals surface area contributed by atoms with Gasteiger partial charge >= 0.3 is 0 Å². The van der Waals surface area contributed by atoms with E-state index in [4.69, 9.17) is 4.74 Å². The van der Waals surface area contributed by atoms with Crippen molar-refractivity contribution in [3.05, 3.63) is 29.1 Å². The molecule has 1 aromatic rings. The Morgan fingerprint density at radius 3 is 3.17 bits per heavy atom. The number of hydrogen-bond acceptors (Lipinski definition) is 1. The fraction of sp³-hybridized carbons (Fsp3) is 0.400. The van der Waals surface area contributed by atoms with E-state index in [2.05, 4.69) is 0 Å². The van der Waals surface area contributed by atoms with Gasteiger partial charge in [-0.1, -0.05) is 0 Å². The van der Waals surface area contributed by atoms with Crippen molar-refractivity contribution in [3.8, 4) is 5.75 Å². The van der Waals surface area contributed by atoms with Crippen LogP contribution >= 0.6 is 0 Å². The Balaban J connectivity index is 2.26. The highest BCUT2D eigenvalue weighted by Crippen LogP contribution is 2.54. The lowest BCUT2D eigenvalue weighted by atomic mass is 10.0. The average Bonchev–Trinajstić information content (AvgIpc) is 2.71. The van der Waals surface area contributed by atoms with E-state index in [0.717, 1.165) is 23.3 Å². The van der Waals surface area contributed by atoms with Crippen LogP contribution in [0.5, 0.6) is 5.75 Å². The van der Waals surface area contributed by atoms with E-state index in [1.54, 1.807) is 6.07 Å². The summed E-state index contributed by atoms with van der Waals surface area (Å²) >= 11 is 0. The molecule has 3 rings (SSSR count). The maximum atomic E-state index is 13.1. The third-order valence-corrected chi connectivity index (χ3v) is 2.79. The van der Waals surface area contributed by atoms with Crippen molar-refractivity contribution in [2.24, 2.45) is 0 Å². The minimum absolute atomic E-state index is 0.107. The lowest BCUT2D eigenvalue weighted by Crippen LogP contribution is -1.92. The molecule has 1 nitrogen and oxygen atoms in total. The molecule has 0 radical (unpaired) electrons. The largest absolute Gasteiger partial charge is 0.489 e. The average molecular weight is 164 g/mol. The van der Waals surface area contributed by atoms with Gasteiger partial charge in [0.05, 0.1) is 0 Å². The molecule has 1 fully saturated rings. The third-order valence-electron chi connectivity index (χ3n) is 2.79. The fourth-order valence-corrected chi connectivity index (χ4v) is 2.01. The number of rotatable bonds is 0. The van der Waals surface area contributed by atoms with Gasteiger partial charge < -0.3 is 4.74 Å². The van der Waals surface area contributed by atoms with Gasteiger partial charge in [0, 0.05) is 11.5 Å². The highest BCUT2D eigenvalue weighted by Gasteiger charge is 2.49. The van der Waals surface area contributed by atoms with Crippen molar-refractivity contribution < 1.29 is 9.13 Å². The summed E-state index contributed by atoms with van der Waals surface area (Å²) in [6.45, 7) is 1.83. The summed E-state index contributed by atoms with van der Waals surface area (Å²) in [5.41, 5.74) is 1.89. The smallest absolute Gasteiger partial charge is 0.126 e. The van der Waals surface area contributed by atoms with Crippen molar-refractivity contribution in [3.63, 3.8) is 0 Å². The molecule has 0 spiro atoms. The first-order valence-corrected chi connectivity index (χ1v) is 4.23. The number of hydrogen-bond donors (Lipinski definition) is 0. The summed E-state index contributed by atoms with van der Waals surface area (Å²) in [6, 6.07) is 3.22. The Kier molecular flexibility index (Phi) is 0.978. The number of ether oxygens (including phenoxy) is 1. The maximum Gasteiger partial charge on any atom is 0.126 e. The van der Waals surface area contributed by atoms with E-state index < -0.39 is 0 Å². The van der Waals surface area contributed by atoms with Crippen LogP contribution in [0.2, 0.25) is 0 Å². The summed E-state index contributed by atoms with van der Waals surface area (Å²) < 4.78 is 18.7. The Labute approximate surface area is 70.2 Å². The minimum Gasteiger partial charge on any atom is -0.489 e. The Morgan fingerprint density at radius 1 is 1.50 bits per heavy atom. The molecular formula is C10H9FO. The molecule has 0 saturated heterocycles. The van der Waals surface area contributed by atoms with Gasteiger partial charge in [0.2, 0.25) is 0 Å². The number of halogens is 1. The molecule has 1 aliphatic heterocycles. The summed E-state index contributed by atoms with van der Waals surface area (Å²) in [4.78, 5) is 0. The third kappa shape index (κ3) is 0.631. The molecular weight excluding hydrogens is 155 g/mol. The molecule has 2 atom stereocenters. The highest BCUT2D eigenvalue weighted by atomic mass is 19.1. The maximum absolute atomic E-state index is 13.1. The minimum atomic E-state index is -0.107. The van der Waals surface area contributed by atoms with Gasteiger partial charge in [0.25, 0.3) is 0 Å². The van der Waals surface area contributed by atoms with Crippen LogP contribution in [0.15, 0.2) is 12.1 Å². The molecule has 1 heterocycles. The van der Waals surface area contributed by atoms with Gasteiger partial charge in [-0.15, -0.1) is 0 Å². The molecule has 0 unspecified atom stereocenters. The van der Waals surface area contributed by atoms with Crippen molar-refractivity contribution in [1.29, 1.82) is 0 Å². The van der Waals surface area contributed by atoms with Crippen molar-refractivity contribution in [2.45, 2.75) is 25.4 Å². The van der Waals surface area contributed by atoms with E-state index >= 15 is 0 Å². The number of fused-ring (bicyclic) bond motifs is 3. The Bertz CT molecular complexity index is 359. The van der Waals surface area contributed by atoms with E-state index in [1.807, 2.05) is 6.92 Å². The van der Waals surface area contributed by atoms with Crippen LogP contribution in [0.3, 0.4) is 0 Å². The molecule has 0 aromatic heterocycles. The molecule has 2 aliphatic rings. The van der Waals surface area contributed by atoms with Gasteiger partial charge in [-0.2, -0.15) is 0 Å². The second kappa shape index (κ2) is 1.82. The lowest BCUT2D eigenvalue weighted by molar-refractivity contribution is 0.318. The zero-order valence-corrected chi connectivity index (χ0v) is 6.80. The van der Waals surface area contributed by atoms with Crippen LogP contribution < -0.4 is 4.74 Å². The van der Waals surface area contributed by atoms with Crippen LogP contribution in [0.1, 0.15) is 23.5 Å². The van der Waals surface area contributed by atoms with Crippen LogP contribution in [-0.2, 0) is 0 Å². The molecule has 12 heavy (non-hydrogen) atoms. The molecule has 62 valence electrons. The first-order valence-electron chi connectivity index (χ1n) is 4.23. The molecule has 1 aliphatic carbocycles. The predicted molar refractivity (Wildman–Crippen MR) is 42.9 cm³/mol. The monoisotopic (exact) mass is 164 g/mol. The Hall–Kier alpha value is -1.05. The molecule has 0 bridgehead atoms. The highest BCUT2D eigenvalue weighted by molar-refractivity contribution is 5.50. The molecule has 1 aromatic carbocycles. The van der Waals surface area contributed by atoms with E-state index in [0.29, 0.717) is 12.0 Å². The second-order valence-corrected chi connectivity index (χ2v) is 3.58. The van der Waals surface area contributed by atoms with Gasteiger partial charge in [-0.25, -0.2) is 4.39 Å². The van der Waals surface area contributed by atoms with E-state index in [-0.39, 0.29) is 5.82 Å². The zero-order valence-electron chi connectivity index (χ0n) is 6.80. The first kappa shape index (κ1) is 6.46. The predicted octanol–water partition coefficient (Wildman–Crippen LogP) is 2.38. The van der Waals surface area contributed by atoms with Crippen LogP contribution in [0, 0.1) is 12.7 Å². The fourth-order valence-electron chi connectivity index (χ4n) is 2.01. The van der Waals surface area contributed by atoms with Crippen molar-refractivity contribution in [1.82, 2.24) is 0 Å². The Morgan fingerprint density at radius 2 is 2.33 bits per heavy atom. The SMILES string of the molecule is Cc1c(F)ccc2c1[C@@H]1C[C@@H]1O2. The summed E-state index contributed by atoms with van der Waals surface area (Å²) in [5, 5.41) is 0. The van der Waals surface area contributed by atoms with Crippen LogP contribution in [-0.4, -0.2) is 6.10 Å². The normalized spacial score (nSPS) is 29.2. The number of benzene rings is 1. The molecule has 1 saturated carbocycles. The molecule has 0 amide bonds. The van der Waals surface area contributed by atoms with Gasteiger partial charge in [0.15, 0.2) is 0 Å². The van der Waals surface area contributed by atoms with Gasteiger partial charge in [0.1, 0.15) is 17.7 Å². The van der Waals surface area contributed by atoms with Gasteiger partial charge in [-0.05, 0) is 31.0 Å². The second-order valence-electron chi connectivity index (χ2n) is 3.58. The van der Waals surface area contributed by atoms with E-state index in [1.165, 1.54) is 6.07 Å². The quantitative estimate of drug-likeness (QED) is 0.572. The van der Waals surface area contributed by atoms with Crippen LogP contribution in [0.4, 0.5) is 4.39 Å². The van der Waals surface area contributed by atoms with E-state index in [9.17, 15) is 4.39 Å². The first-order chi connectivity index (χ1) is 5.77. The standard InChI is InChI=1S/C10H9FO/c1-5-7(11)2-3-8-10(5)6-4-9(6)12-8/h2-3,6,9H,4H2,1H3/t6-,9+/m1/s1. The molecule has 2 heteroatoms. The summed E-state index contributed by atoms with van der Waals surface area (Å²) in [7, 11) is 0. The summed E-state index contributed by atoms with van der Waals surface area (Å²) in [5.74, 6) is 1.29. The lowest BCUT2D eigenvalue weighted by Gasteiger charge is -2.06. The van der Waals surface area contributed by atoms with Crippen molar-refractivity contribution >= 4 is 0 Å². The molecule has 0 N–H and O–H groups in total. The van der Waals surface area contributed by atoms with Crippen LogP contribution in [0.25, 0.3) is 0 Å². The van der Waals surface area contributed by atoms with Gasteiger partial charge in [-0.3, -0.25) is 0 Å². The summed E-state index contributed by atoms with van der Waals surface area (Å²) in [6.07, 6.45) is 1.44. The topological polar surface area (TPSA) is 9.23 Å². The zero-order chi connectivity index (χ0) is 8.29.